The van der Waals surface area contributed by atoms with E-state index < -0.39 is 0 Å². The van der Waals surface area contributed by atoms with Gasteiger partial charge in [-0.15, -0.1) is 0 Å². The summed E-state index contributed by atoms with van der Waals surface area (Å²) in [5.74, 6) is -0.341. The molecule has 19 heavy (non-hydrogen) atoms. The molecule has 8 heteroatoms. The maximum atomic E-state index is 11.9. The van der Waals surface area contributed by atoms with Crippen LogP contribution >= 0.6 is 11.3 Å². The molecule has 0 saturated heterocycles. The van der Waals surface area contributed by atoms with Crippen LogP contribution in [0.3, 0.4) is 0 Å². The molecule has 0 aliphatic carbocycles. The summed E-state index contributed by atoms with van der Waals surface area (Å²) in [6, 6.07) is 0. The van der Waals surface area contributed by atoms with Crippen molar-refractivity contribution in [2.24, 2.45) is 0 Å². The fourth-order valence-corrected chi connectivity index (χ4v) is 2.31. The number of nitrogens with one attached hydrogen (secondary N) is 1. The van der Waals surface area contributed by atoms with Gasteiger partial charge in [0.1, 0.15) is 4.88 Å². The van der Waals surface area contributed by atoms with Gasteiger partial charge in [0.25, 0.3) is 0 Å². The van der Waals surface area contributed by atoms with Crippen molar-refractivity contribution in [3.63, 3.8) is 0 Å². The number of aromatic nitrogens is 4. The molecule has 0 bridgehead atoms. The van der Waals surface area contributed by atoms with E-state index in [-0.39, 0.29) is 12.6 Å². The zero-order valence-corrected chi connectivity index (χ0v) is 11.8. The maximum Gasteiger partial charge on any atom is 0.350 e. The zero-order chi connectivity index (χ0) is 13.8. The molecule has 0 atom stereocenters. The zero-order valence-electron chi connectivity index (χ0n) is 11.0. The average Bonchev–Trinajstić information content (AvgIpc) is 2.98. The predicted octanol–water partition coefficient (Wildman–Crippen LogP) is 1.04. The number of aromatic amines is 1. The molecule has 0 aliphatic heterocycles. The van der Waals surface area contributed by atoms with E-state index in [1.165, 1.54) is 11.3 Å². The Kier molecular flexibility index (Phi) is 4.10. The van der Waals surface area contributed by atoms with Crippen LogP contribution in [0.15, 0.2) is 6.20 Å². The third-order valence-electron chi connectivity index (χ3n) is 2.41. The molecule has 0 saturated carbocycles. The van der Waals surface area contributed by atoms with Gasteiger partial charge in [-0.25, -0.2) is 9.78 Å². The molecule has 0 radical (unpaired) electrons. The highest BCUT2D eigenvalue weighted by molar-refractivity contribution is 7.17. The van der Waals surface area contributed by atoms with Gasteiger partial charge >= 0.3 is 5.97 Å². The van der Waals surface area contributed by atoms with Crippen LogP contribution in [0.2, 0.25) is 0 Å². The largest absolute Gasteiger partial charge is 0.461 e. The summed E-state index contributed by atoms with van der Waals surface area (Å²) < 4.78 is 5.21. The highest BCUT2D eigenvalue weighted by atomic mass is 32.1. The Hall–Kier alpha value is -1.96. The standard InChI is InChI=1S/C11H15N5O2S/c1-7-9(19-11(13-7)16(2)3)10(17)18-5-4-8-6-12-15-14-8/h6H,4-5H2,1-3H3,(H,12,14,15). The number of carbonyl (C=O) groups excluding carboxylic acids is 1. The SMILES string of the molecule is Cc1nc(N(C)C)sc1C(=O)OCCc1cn[nH]n1. The van der Waals surface area contributed by atoms with Crippen LogP contribution < -0.4 is 4.90 Å². The molecule has 0 spiro atoms. The molecule has 2 aromatic heterocycles. The quantitative estimate of drug-likeness (QED) is 0.824. The monoisotopic (exact) mass is 281 g/mol. The lowest BCUT2D eigenvalue weighted by atomic mass is 10.3. The number of H-pyrrole nitrogens is 1. The molecule has 2 heterocycles. The minimum Gasteiger partial charge on any atom is -0.461 e. The summed E-state index contributed by atoms with van der Waals surface area (Å²) in [6.45, 7) is 2.08. The number of hydrogen-bond acceptors (Lipinski definition) is 7. The predicted molar refractivity (Wildman–Crippen MR) is 71.5 cm³/mol. The van der Waals surface area contributed by atoms with E-state index in [0.29, 0.717) is 17.0 Å². The summed E-state index contributed by atoms with van der Waals surface area (Å²) in [5.41, 5.74) is 1.46. The Bertz CT molecular complexity index is 549. The number of anilines is 1. The van der Waals surface area contributed by atoms with Crippen LogP contribution in [-0.2, 0) is 11.2 Å². The highest BCUT2D eigenvalue weighted by Crippen LogP contribution is 2.25. The minimum absolute atomic E-state index is 0.278. The molecule has 0 aliphatic rings. The topological polar surface area (TPSA) is 84.0 Å². The van der Waals surface area contributed by atoms with Crippen LogP contribution in [0.25, 0.3) is 0 Å². The molecule has 0 aromatic carbocycles. The van der Waals surface area contributed by atoms with Gasteiger partial charge in [-0.3, -0.25) is 0 Å². The van der Waals surface area contributed by atoms with E-state index in [2.05, 4.69) is 20.4 Å². The van der Waals surface area contributed by atoms with Crippen molar-refractivity contribution in [2.45, 2.75) is 13.3 Å². The first-order chi connectivity index (χ1) is 9.08. The second-order valence-corrected chi connectivity index (χ2v) is 5.13. The summed E-state index contributed by atoms with van der Waals surface area (Å²) in [5, 5.41) is 10.9. The third-order valence-corrected chi connectivity index (χ3v) is 3.71. The lowest BCUT2D eigenvalue weighted by Crippen LogP contribution is -2.08. The van der Waals surface area contributed by atoms with E-state index in [4.69, 9.17) is 4.74 Å². The van der Waals surface area contributed by atoms with E-state index in [1.807, 2.05) is 19.0 Å². The average molecular weight is 281 g/mol. The van der Waals surface area contributed by atoms with Crippen LogP contribution in [0, 0.1) is 6.92 Å². The Morgan fingerprint density at radius 1 is 1.53 bits per heavy atom. The molecule has 0 fully saturated rings. The Morgan fingerprint density at radius 2 is 2.32 bits per heavy atom. The van der Waals surface area contributed by atoms with E-state index >= 15 is 0 Å². The van der Waals surface area contributed by atoms with Crippen LogP contribution in [0.4, 0.5) is 5.13 Å². The van der Waals surface area contributed by atoms with Gasteiger partial charge < -0.3 is 9.64 Å². The van der Waals surface area contributed by atoms with Gasteiger partial charge in [-0.05, 0) is 6.92 Å². The van der Waals surface area contributed by atoms with Gasteiger partial charge in [-0.1, -0.05) is 11.3 Å². The normalized spacial score (nSPS) is 10.5. The summed E-state index contributed by atoms with van der Waals surface area (Å²) >= 11 is 1.33. The van der Waals surface area contributed by atoms with Crippen molar-refractivity contribution in [1.29, 1.82) is 0 Å². The number of aryl methyl sites for hydroxylation is 1. The van der Waals surface area contributed by atoms with Crippen molar-refractivity contribution in [3.8, 4) is 0 Å². The number of hydrogen-bond donors (Lipinski definition) is 1. The smallest absolute Gasteiger partial charge is 0.350 e. The Balaban J connectivity index is 1.92. The lowest BCUT2D eigenvalue weighted by molar-refractivity contribution is 0.0513. The summed E-state index contributed by atoms with van der Waals surface area (Å²) in [6.07, 6.45) is 2.15. The molecule has 0 amide bonds. The summed E-state index contributed by atoms with van der Waals surface area (Å²) in [7, 11) is 3.77. The molecule has 2 rings (SSSR count). The number of esters is 1. The van der Waals surface area contributed by atoms with E-state index in [1.54, 1.807) is 13.1 Å². The fraction of sp³-hybridized carbons (Fsp3) is 0.455. The minimum atomic E-state index is -0.341. The Morgan fingerprint density at radius 3 is 2.89 bits per heavy atom. The van der Waals surface area contributed by atoms with Gasteiger partial charge in [0.15, 0.2) is 5.13 Å². The highest BCUT2D eigenvalue weighted by Gasteiger charge is 2.17. The molecule has 0 unspecified atom stereocenters. The molecule has 7 nitrogen and oxygen atoms in total. The van der Waals surface area contributed by atoms with Gasteiger partial charge in [0.05, 0.1) is 24.2 Å². The maximum absolute atomic E-state index is 11.9. The number of rotatable bonds is 5. The second-order valence-electron chi connectivity index (χ2n) is 4.15. The number of carbonyl (C=O) groups is 1. The second kappa shape index (κ2) is 5.79. The third kappa shape index (κ3) is 3.28. The van der Waals surface area contributed by atoms with Crippen molar-refractivity contribution in [3.05, 3.63) is 22.5 Å². The molecule has 2 aromatic rings. The summed E-state index contributed by atoms with van der Waals surface area (Å²) in [4.78, 5) is 18.6. The number of thiazole rings is 1. The lowest BCUT2D eigenvalue weighted by Gasteiger charge is -2.05. The first-order valence-corrected chi connectivity index (χ1v) is 6.56. The van der Waals surface area contributed by atoms with Gasteiger partial charge in [-0.2, -0.15) is 15.4 Å². The number of nitrogens with zero attached hydrogens (tertiary/aromatic N) is 4. The van der Waals surface area contributed by atoms with Crippen molar-refractivity contribution < 1.29 is 9.53 Å². The van der Waals surface area contributed by atoms with E-state index in [9.17, 15) is 4.79 Å². The molecule has 102 valence electrons. The van der Waals surface area contributed by atoms with E-state index in [0.717, 1.165) is 10.8 Å². The first-order valence-electron chi connectivity index (χ1n) is 5.74. The fourth-order valence-electron chi connectivity index (χ4n) is 1.42. The van der Waals surface area contributed by atoms with Crippen molar-refractivity contribution >= 4 is 22.4 Å². The molecule has 1 N–H and O–H groups in total. The van der Waals surface area contributed by atoms with Gasteiger partial charge in [0, 0.05) is 20.5 Å². The van der Waals surface area contributed by atoms with Crippen molar-refractivity contribution in [2.75, 3.05) is 25.6 Å². The first kappa shape index (κ1) is 13.5. The number of ether oxygens (including phenoxy) is 1. The van der Waals surface area contributed by atoms with Gasteiger partial charge in [0.2, 0.25) is 0 Å². The Labute approximate surface area is 114 Å². The van der Waals surface area contributed by atoms with Crippen LogP contribution in [0.5, 0.6) is 0 Å². The molecular weight excluding hydrogens is 266 g/mol. The van der Waals surface area contributed by atoms with Crippen molar-refractivity contribution in [1.82, 2.24) is 20.4 Å². The molecular formula is C11H15N5O2S. The van der Waals surface area contributed by atoms with Crippen LogP contribution in [0.1, 0.15) is 21.1 Å². The van der Waals surface area contributed by atoms with Crippen LogP contribution in [-0.4, -0.2) is 47.1 Å².